The Morgan fingerprint density at radius 2 is 1.44 bits per heavy atom. The van der Waals surface area contributed by atoms with Crippen LogP contribution in [0.15, 0.2) is 71.2 Å². The third-order valence-corrected chi connectivity index (χ3v) is 7.80. The van der Waals surface area contributed by atoms with Crippen LogP contribution < -0.4 is 4.90 Å². The summed E-state index contributed by atoms with van der Waals surface area (Å²) >= 11 is 3.42. The number of imide groups is 1. The van der Waals surface area contributed by atoms with Gasteiger partial charge in [-0.05, 0) is 59.4 Å². The van der Waals surface area contributed by atoms with Crippen LogP contribution in [0.1, 0.15) is 17.9 Å². The second-order valence-electron chi connectivity index (χ2n) is 8.26. The van der Waals surface area contributed by atoms with Gasteiger partial charge in [-0.2, -0.15) is 0 Å². The predicted molar refractivity (Wildman–Crippen MR) is 106 cm³/mol. The molecule has 0 radical (unpaired) electrons. The van der Waals surface area contributed by atoms with E-state index in [4.69, 9.17) is 0 Å². The highest BCUT2D eigenvalue weighted by molar-refractivity contribution is 9.10. The van der Waals surface area contributed by atoms with E-state index >= 15 is 0 Å². The number of anilines is 1. The Morgan fingerprint density at radius 1 is 0.852 bits per heavy atom. The van der Waals surface area contributed by atoms with E-state index in [1.807, 2.05) is 30.3 Å². The molecule has 2 aromatic rings. The zero-order valence-electron chi connectivity index (χ0n) is 14.6. The van der Waals surface area contributed by atoms with Crippen molar-refractivity contribution in [2.45, 2.75) is 12.3 Å². The molecule has 134 valence electrons. The number of rotatable bonds is 2. The van der Waals surface area contributed by atoms with E-state index in [1.165, 1.54) is 10.5 Å². The van der Waals surface area contributed by atoms with Crippen molar-refractivity contribution < 1.29 is 9.59 Å². The van der Waals surface area contributed by atoms with Crippen LogP contribution in [0.3, 0.4) is 0 Å². The highest BCUT2D eigenvalue weighted by Gasteiger charge is 2.77. The van der Waals surface area contributed by atoms with Crippen molar-refractivity contribution in [2.75, 3.05) is 4.90 Å². The van der Waals surface area contributed by atoms with E-state index in [0.717, 1.165) is 10.9 Å². The third-order valence-electron chi connectivity index (χ3n) is 7.27. The molecule has 1 saturated heterocycles. The van der Waals surface area contributed by atoms with Gasteiger partial charge < -0.3 is 0 Å². The molecule has 0 N–H and O–H groups in total. The van der Waals surface area contributed by atoms with Crippen molar-refractivity contribution in [1.82, 2.24) is 0 Å². The molecule has 4 heteroatoms. The monoisotopic (exact) mass is 419 g/mol. The summed E-state index contributed by atoms with van der Waals surface area (Å²) in [7, 11) is 0. The molecule has 4 aliphatic rings. The number of allylic oxidation sites excluding steroid dienone is 2. The van der Waals surface area contributed by atoms with Crippen molar-refractivity contribution in [2.24, 2.45) is 29.1 Å². The molecule has 3 nitrogen and oxygen atoms in total. The highest BCUT2D eigenvalue weighted by Crippen LogP contribution is 2.79. The van der Waals surface area contributed by atoms with Gasteiger partial charge in [0.2, 0.25) is 11.8 Å². The molecule has 27 heavy (non-hydrogen) atoms. The first-order chi connectivity index (χ1) is 13.1. The third kappa shape index (κ3) is 1.87. The van der Waals surface area contributed by atoms with Gasteiger partial charge in [0.15, 0.2) is 0 Å². The van der Waals surface area contributed by atoms with Gasteiger partial charge in [0.25, 0.3) is 0 Å². The molecule has 0 aromatic heterocycles. The second-order valence-corrected chi connectivity index (χ2v) is 9.17. The Bertz CT molecular complexity index is 965. The summed E-state index contributed by atoms with van der Waals surface area (Å²) in [5.74, 6) is 0.444. The SMILES string of the molecule is O=C1C2C(C(=O)N1c1ccc(Br)cc1)C1C=CC2C12CC2c1ccccc1. The lowest BCUT2D eigenvalue weighted by Gasteiger charge is -2.23. The van der Waals surface area contributed by atoms with Crippen molar-refractivity contribution in [3.05, 3.63) is 76.8 Å². The van der Waals surface area contributed by atoms with E-state index in [1.54, 1.807) is 0 Å². The lowest BCUT2D eigenvalue weighted by Crippen LogP contribution is -2.35. The van der Waals surface area contributed by atoms with Gasteiger partial charge in [-0.1, -0.05) is 58.4 Å². The Labute approximate surface area is 166 Å². The van der Waals surface area contributed by atoms with E-state index < -0.39 is 0 Å². The van der Waals surface area contributed by atoms with E-state index in [2.05, 4.69) is 52.3 Å². The van der Waals surface area contributed by atoms with Gasteiger partial charge in [-0.3, -0.25) is 14.5 Å². The van der Waals surface area contributed by atoms with Crippen LogP contribution in [-0.4, -0.2) is 11.8 Å². The predicted octanol–water partition coefficient (Wildman–Crippen LogP) is 4.54. The summed E-state index contributed by atoms with van der Waals surface area (Å²) in [5.41, 5.74) is 2.13. The summed E-state index contributed by atoms with van der Waals surface area (Å²) in [6.07, 6.45) is 5.54. The molecule has 3 fully saturated rings. The maximum absolute atomic E-state index is 13.3. The Balaban J connectivity index is 1.36. The van der Waals surface area contributed by atoms with Gasteiger partial charge in [-0.15, -0.1) is 0 Å². The summed E-state index contributed by atoms with van der Waals surface area (Å²) in [6.45, 7) is 0. The molecule has 1 heterocycles. The molecule has 5 unspecified atom stereocenters. The number of fused-ring (bicyclic) bond motifs is 3. The zero-order valence-corrected chi connectivity index (χ0v) is 16.2. The van der Waals surface area contributed by atoms with Crippen molar-refractivity contribution in [1.29, 1.82) is 0 Å². The first-order valence-electron chi connectivity index (χ1n) is 9.49. The van der Waals surface area contributed by atoms with Gasteiger partial charge in [0.1, 0.15) is 0 Å². The van der Waals surface area contributed by atoms with Crippen LogP contribution in [-0.2, 0) is 9.59 Å². The summed E-state index contributed by atoms with van der Waals surface area (Å²) in [5, 5.41) is 0. The minimum absolute atomic E-state index is 0.0118. The molecule has 1 aliphatic heterocycles. The Kier molecular flexibility index (Phi) is 3.04. The normalized spacial score (nSPS) is 38.1. The summed E-state index contributed by atoms with van der Waals surface area (Å²) in [4.78, 5) is 28.0. The molecular formula is C23H18BrNO2. The van der Waals surface area contributed by atoms with Crippen molar-refractivity contribution in [3.63, 3.8) is 0 Å². The van der Waals surface area contributed by atoms with Crippen LogP contribution in [0.25, 0.3) is 0 Å². The molecule has 6 rings (SSSR count). The van der Waals surface area contributed by atoms with Crippen molar-refractivity contribution in [3.8, 4) is 0 Å². The molecule has 5 atom stereocenters. The standard InChI is InChI=1S/C23H18BrNO2/c24-14-6-8-15(9-7-14)25-21(26)19-16-10-11-17(20(19)22(25)27)23(16)12-18(23)13-4-2-1-3-5-13/h1-11,16-20H,12H2. The first-order valence-corrected chi connectivity index (χ1v) is 10.3. The van der Waals surface area contributed by atoms with Crippen LogP contribution >= 0.6 is 15.9 Å². The molecule has 2 amide bonds. The second kappa shape index (κ2) is 5.20. The fourth-order valence-corrected chi connectivity index (χ4v) is 6.45. The number of hydrogen-bond donors (Lipinski definition) is 0. The lowest BCUT2D eigenvalue weighted by molar-refractivity contribution is -0.123. The number of benzene rings is 2. The molecule has 3 aliphatic carbocycles. The maximum atomic E-state index is 13.3. The van der Waals surface area contributed by atoms with Gasteiger partial charge in [0, 0.05) is 4.47 Å². The van der Waals surface area contributed by atoms with Crippen LogP contribution in [0, 0.1) is 29.1 Å². The zero-order chi connectivity index (χ0) is 18.3. The smallest absolute Gasteiger partial charge is 0.238 e. The largest absolute Gasteiger partial charge is 0.274 e. The van der Waals surface area contributed by atoms with Crippen LogP contribution in [0.2, 0.25) is 0 Å². The van der Waals surface area contributed by atoms with Gasteiger partial charge >= 0.3 is 0 Å². The maximum Gasteiger partial charge on any atom is 0.238 e. The van der Waals surface area contributed by atoms with E-state index in [-0.39, 0.29) is 40.9 Å². The number of halogens is 1. The fourth-order valence-electron chi connectivity index (χ4n) is 6.19. The van der Waals surface area contributed by atoms with E-state index in [9.17, 15) is 9.59 Å². The average molecular weight is 420 g/mol. The average Bonchev–Trinajstić information content (AvgIpc) is 3.17. The number of carbonyl (C=O) groups excluding carboxylic acids is 2. The molecule has 2 aromatic carbocycles. The molecule has 2 saturated carbocycles. The van der Waals surface area contributed by atoms with Crippen LogP contribution in [0.5, 0.6) is 0 Å². The Hall–Kier alpha value is -2.20. The lowest BCUT2D eigenvalue weighted by atomic mass is 9.85. The topological polar surface area (TPSA) is 37.4 Å². The fraction of sp³-hybridized carbons (Fsp3) is 0.304. The van der Waals surface area contributed by atoms with Gasteiger partial charge in [0.05, 0.1) is 17.5 Å². The van der Waals surface area contributed by atoms with Gasteiger partial charge in [-0.25, -0.2) is 0 Å². The molecular weight excluding hydrogens is 402 g/mol. The quantitative estimate of drug-likeness (QED) is 0.528. The minimum Gasteiger partial charge on any atom is -0.274 e. The number of amides is 2. The number of nitrogens with zero attached hydrogens (tertiary/aromatic N) is 1. The molecule has 1 spiro atoms. The number of hydrogen-bond acceptors (Lipinski definition) is 2. The summed E-state index contributed by atoms with van der Waals surface area (Å²) in [6, 6.07) is 18.0. The minimum atomic E-state index is -0.190. The summed E-state index contributed by atoms with van der Waals surface area (Å²) < 4.78 is 0.940. The molecule has 2 bridgehead atoms. The van der Waals surface area contributed by atoms with E-state index in [0.29, 0.717) is 11.6 Å². The van der Waals surface area contributed by atoms with Crippen molar-refractivity contribution >= 4 is 33.4 Å². The Morgan fingerprint density at radius 3 is 2.04 bits per heavy atom. The highest BCUT2D eigenvalue weighted by atomic mass is 79.9. The number of carbonyl (C=O) groups is 2. The van der Waals surface area contributed by atoms with Crippen LogP contribution in [0.4, 0.5) is 5.69 Å². The first kappa shape index (κ1) is 15.8.